The van der Waals surface area contributed by atoms with E-state index < -0.39 is 0 Å². The van der Waals surface area contributed by atoms with E-state index in [2.05, 4.69) is 39.5 Å². The summed E-state index contributed by atoms with van der Waals surface area (Å²) in [6.45, 7) is 4.27. The number of hydrogen-bond acceptors (Lipinski definition) is 6. The number of anilines is 2. The van der Waals surface area contributed by atoms with E-state index in [1.807, 2.05) is 40.8 Å². The minimum absolute atomic E-state index is 0.0727. The number of piperidine rings is 1. The third kappa shape index (κ3) is 4.48. The maximum absolute atomic E-state index is 12.6. The number of ether oxygens (including phenoxy) is 1. The molecule has 0 spiro atoms. The predicted molar refractivity (Wildman–Crippen MR) is 134 cm³/mol. The lowest BCUT2D eigenvalue weighted by molar-refractivity contribution is -0.113. The van der Waals surface area contributed by atoms with Crippen molar-refractivity contribution in [1.82, 2.24) is 14.6 Å². The number of carbonyl (C=O) groups excluding carboxylic acids is 1. The molecule has 33 heavy (non-hydrogen) atoms. The van der Waals surface area contributed by atoms with Crippen molar-refractivity contribution in [2.45, 2.75) is 31.3 Å². The zero-order valence-electron chi connectivity index (χ0n) is 18.9. The Balaban J connectivity index is 1.29. The number of pyridine rings is 1. The van der Waals surface area contributed by atoms with Gasteiger partial charge in [-0.25, -0.2) is 0 Å². The number of methoxy groups -OCH3 is 1. The van der Waals surface area contributed by atoms with Crippen molar-refractivity contribution in [1.29, 1.82) is 0 Å². The average molecular weight is 462 g/mol. The van der Waals surface area contributed by atoms with Gasteiger partial charge in [0.2, 0.25) is 5.91 Å². The molecule has 1 saturated heterocycles. The number of nitrogens with one attached hydrogen (secondary N) is 1. The number of thioether (sulfide) groups is 1. The van der Waals surface area contributed by atoms with Gasteiger partial charge in [-0.05, 0) is 74.2 Å². The van der Waals surface area contributed by atoms with Crippen LogP contribution in [0.3, 0.4) is 0 Å². The molecule has 1 fully saturated rings. The SMILES string of the molecule is COc1ccc2c(C)cc3nnc(SCC(=O)Nc4ccc(N5CCCCC5)cc4)n3c2c1. The number of rotatable bonds is 6. The van der Waals surface area contributed by atoms with Crippen molar-refractivity contribution in [3.05, 3.63) is 54.1 Å². The predicted octanol–water partition coefficient (Wildman–Crippen LogP) is 4.92. The smallest absolute Gasteiger partial charge is 0.234 e. The second kappa shape index (κ2) is 9.31. The Hall–Kier alpha value is -3.26. The van der Waals surface area contributed by atoms with Crippen LogP contribution in [0, 0.1) is 6.92 Å². The lowest BCUT2D eigenvalue weighted by Crippen LogP contribution is -2.29. The van der Waals surface area contributed by atoms with Gasteiger partial charge in [0.05, 0.1) is 18.4 Å². The number of aromatic nitrogens is 3. The first-order valence-corrected chi connectivity index (χ1v) is 12.2. The summed E-state index contributed by atoms with van der Waals surface area (Å²) in [6.07, 6.45) is 3.80. The van der Waals surface area contributed by atoms with Gasteiger partial charge < -0.3 is 15.0 Å². The summed E-state index contributed by atoms with van der Waals surface area (Å²) in [5.41, 5.74) is 4.86. The van der Waals surface area contributed by atoms with Gasteiger partial charge in [-0.3, -0.25) is 9.20 Å². The second-order valence-corrected chi connectivity index (χ2v) is 9.26. The number of carbonyl (C=O) groups is 1. The highest BCUT2D eigenvalue weighted by molar-refractivity contribution is 7.99. The number of nitrogens with zero attached hydrogens (tertiary/aromatic N) is 4. The Morgan fingerprint density at radius 2 is 1.85 bits per heavy atom. The van der Waals surface area contributed by atoms with Gasteiger partial charge in [-0.15, -0.1) is 10.2 Å². The first-order chi connectivity index (χ1) is 16.1. The van der Waals surface area contributed by atoms with E-state index in [0.717, 1.165) is 46.6 Å². The molecule has 170 valence electrons. The van der Waals surface area contributed by atoms with Crippen LogP contribution in [0.15, 0.2) is 53.7 Å². The van der Waals surface area contributed by atoms with E-state index in [1.54, 1.807) is 7.11 Å². The van der Waals surface area contributed by atoms with E-state index in [1.165, 1.54) is 36.7 Å². The molecular formula is C25H27N5O2S. The number of amides is 1. The van der Waals surface area contributed by atoms with E-state index >= 15 is 0 Å². The monoisotopic (exact) mass is 461 g/mol. The van der Waals surface area contributed by atoms with Gasteiger partial charge in [-0.1, -0.05) is 11.8 Å². The Kier molecular flexibility index (Phi) is 6.09. The standard InChI is InChI=1S/C25H27N5O2S/c1-17-14-23-27-28-25(30(23)22-15-20(32-2)10-11-21(17)22)33-16-24(31)26-18-6-8-19(9-7-18)29-12-4-3-5-13-29/h6-11,14-15H,3-5,12-13,16H2,1-2H3,(H,26,31). The van der Waals surface area contributed by atoms with Crippen molar-refractivity contribution in [2.24, 2.45) is 0 Å². The molecule has 1 aliphatic rings. The first-order valence-electron chi connectivity index (χ1n) is 11.2. The van der Waals surface area contributed by atoms with Crippen molar-refractivity contribution in [3.8, 4) is 5.75 Å². The van der Waals surface area contributed by atoms with Gasteiger partial charge >= 0.3 is 0 Å². The summed E-state index contributed by atoms with van der Waals surface area (Å²) < 4.78 is 7.39. The van der Waals surface area contributed by atoms with Crippen LogP contribution in [-0.2, 0) is 4.79 Å². The van der Waals surface area contributed by atoms with Crippen molar-refractivity contribution in [3.63, 3.8) is 0 Å². The first kappa shape index (κ1) is 21.6. The van der Waals surface area contributed by atoms with Crippen LogP contribution in [0.4, 0.5) is 11.4 Å². The van der Waals surface area contributed by atoms with Gasteiger partial charge in [0.15, 0.2) is 10.8 Å². The van der Waals surface area contributed by atoms with Crippen LogP contribution in [0.1, 0.15) is 24.8 Å². The third-order valence-electron chi connectivity index (χ3n) is 6.08. The fourth-order valence-corrected chi connectivity index (χ4v) is 5.11. The summed E-state index contributed by atoms with van der Waals surface area (Å²) in [6, 6.07) is 16.1. The molecule has 5 rings (SSSR count). The normalized spacial score (nSPS) is 14.1. The largest absolute Gasteiger partial charge is 0.497 e. The molecule has 3 heterocycles. The Labute approximate surface area is 197 Å². The van der Waals surface area contributed by atoms with Crippen molar-refractivity contribution < 1.29 is 9.53 Å². The van der Waals surface area contributed by atoms with Crippen LogP contribution in [0.2, 0.25) is 0 Å². The van der Waals surface area contributed by atoms with E-state index in [0.29, 0.717) is 5.16 Å². The molecule has 7 nitrogen and oxygen atoms in total. The van der Waals surface area contributed by atoms with Crippen LogP contribution in [0.25, 0.3) is 16.6 Å². The number of aryl methyl sites for hydroxylation is 1. The third-order valence-corrected chi connectivity index (χ3v) is 7.01. The van der Waals surface area contributed by atoms with Crippen LogP contribution in [-0.4, -0.2) is 46.5 Å². The molecule has 0 saturated carbocycles. The highest BCUT2D eigenvalue weighted by atomic mass is 32.2. The van der Waals surface area contributed by atoms with E-state index in [4.69, 9.17) is 4.74 Å². The molecule has 1 N–H and O–H groups in total. The van der Waals surface area contributed by atoms with Gasteiger partial charge in [0.25, 0.3) is 0 Å². The second-order valence-electron chi connectivity index (χ2n) is 8.32. The minimum atomic E-state index is -0.0727. The summed E-state index contributed by atoms with van der Waals surface area (Å²) in [4.78, 5) is 15.0. The topological polar surface area (TPSA) is 71.8 Å². The van der Waals surface area contributed by atoms with E-state index in [9.17, 15) is 4.79 Å². The minimum Gasteiger partial charge on any atom is -0.497 e. The van der Waals surface area contributed by atoms with Crippen LogP contribution in [0.5, 0.6) is 5.75 Å². The molecular weight excluding hydrogens is 434 g/mol. The number of hydrogen-bond donors (Lipinski definition) is 1. The summed E-state index contributed by atoms with van der Waals surface area (Å²) in [5.74, 6) is 0.940. The van der Waals surface area contributed by atoms with Crippen molar-refractivity contribution >= 4 is 45.6 Å². The maximum Gasteiger partial charge on any atom is 0.234 e. The molecule has 1 aliphatic heterocycles. The highest BCUT2D eigenvalue weighted by Gasteiger charge is 2.15. The van der Waals surface area contributed by atoms with E-state index in [-0.39, 0.29) is 11.7 Å². The molecule has 2 aromatic heterocycles. The molecule has 0 bridgehead atoms. The zero-order chi connectivity index (χ0) is 22.8. The van der Waals surface area contributed by atoms with Crippen LogP contribution >= 0.6 is 11.8 Å². The number of fused-ring (bicyclic) bond motifs is 3. The molecule has 8 heteroatoms. The van der Waals surface area contributed by atoms with Gasteiger partial charge in [-0.2, -0.15) is 0 Å². The van der Waals surface area contributed by atoms with Gasteiger partial charge in [0, 0.05) is 35.9 Å². The van der Waals surface area contributed by atoms with Crippen LogP contribution < -0.4 is 15.0 Å². The Morgan fingerprint density at radius 1 is 1.06 bits per heavy atom. The molecule has 2 aromatic carbocycles. The number of benzene rings is 2. The fraction of sp³-hybridized carbons (Fsp3) is 0.320. The molecule has 0 radical (unpaired) electrons. The molecule has 0 aliphatic carbocycles. The van der Waals surface area contributed by atoms with Crippen molar-refractivity contribution in [2.75, 3.05) is 36.2 Å². The molecule has 1 amide bonds. The molecule has 0 unspecified atom stereocenters. The summed E-state index contributed by atoms with van der Waals surface area (Å²) in [7, 11) is 1.65. The lowest BCUT2D eigenvalue weighted by atomic mass is 10.1. The fourth-order valence-electron chi connectivity index (χ4n) is 4.36. The summed E-state index contributed by atoms with van der Waals surface area (Å²) >= 11 is 1.37. The average Bonchev–Trinajstić information content (AvgIpc) is 3.26. The quantitative estimate of drug-likeness (QED) is 0.411. The Bertz CT molecular complexity index is 1300. The Morgan fingerprint density at radius 3 is 2.61 bits per heavy atom. The highest BCUT2D eigenvalue weighted by Crippen LogP contribution is 2.29. The lowest BCUT2D eigenvalue weighted by Gasteiger charge is -2.28. The molecule has 0 atom stereocenters. The maximum atomic E-state index is 12.6. The summed E-state index contributed by atoms with van der Waals surface area (Å²) in [5, 5.41) is 13.4. The van der Waals surface area contributed by atoms with Gasteiger partial charge in [0.1, 0.15) is 5.75 Å². The molecule has 4 aromatic rings. The zero-order valence-corrected chi connectivity index (χ0v) is 19.7.